The first kappa shape index (κ1) is 17.8. The molecule has 0 aliphatic carbocycles. The van der Waals surface area contributed by atoms with Crippen LogP contribution in [0.1, 0.15) is 6.92 Å². The summed E-state index contributed by atoms with van der Waals surface area (Å²) in [4.78, 5) is 15.1. The number of hydrogen-bond acceptors (Lipinski definition) is 4. The second-order valence-corrected chi connectivity index (χ2v) is 6.22. The molecule has 0 amide bonds. The molecule has 0 saturated heterocycles. The molecule has 3 N–H and O–H groups in total. The number of aromatic nitrogens is 1. The molecule has 0 saturated carbocycles. The molecule has 26 heavy (non-hydrogen) atoms. The van der Waals surface area contributed by atoms with E-state index in [4.69, 9.17) is 27.2 Å². The number of rotatable bonds is 5. The van der Waals surface area contributed by atoms with Gasteiger partial charge in [0, 0.05) is 22.3 Å². The SMILES string of the molecule is C[C@H](Oc1ccc(-c2cnc(N)c(-c3ccc(Cl)cc3)c2)cc1)C(=O)O. The quantitative estimate of drug-likeness (QED) is 0.692. The number of pyridine rings is 1. The Labute approximate surface area is 156 Å². The number of carbonyl (C=O) groups is 1. The van der Waals surface area contributed by atoms with E-state index in [0.29, 0.717) is 16.6 Å². The second-order valence-electron chi connectivity index (χ2n) is 5.79. The van der Waals surface area contributed by atoms with Crippen LogP contribution in [0.3, 0.4) is 0 Å². The third-order valence-electron chi connectivity index (χ3n) is 3.92. The van der Waals surface area contributed by atoms with Crippen molar-refractivity contribution in [3.8, 4) is 28.0 Å². The molecule has 3 rings (SSSR count). The third kappa shape index (κ3) is 3.95. The predicted octanol–water partition coefficient (Wildman–Crippen LogP) is 4.50. The Kier molecular flexibility index (Phi) is 5.09. The molecule has 132 valence electrons. The minimum absolute atomic E-state index is 0.436. The Morgan fingerprint density at radius 1 is 1.08 bits per heavy atom. The first-order valence-electron chi connectivity index (χ1n) is 7.95. The van der Waals surface area contributed by atoms with Crippen molar-refractivity contribution in [3.63, 3.8) is 0 Å². The van der Waals surface area contributed by atoms with Gasteiger partial charge in [0.15, 0.2) is 6.10 Å². The van der Waals surface area contributed by atoms with Crippen molar-refractivity contribution >= 4 is 23.4 Å². The maximum absolute atomic E-state index is 10.9. The molecule has 1 aromatic heterocycles. The van der Waals surface area contributed by atoms with Crippen LogP contribution >= 0.6 is 11.6 Å². The molecule has 0 aliphatic heterocycles. The average molecular weight is 369 g/mol. The lowest BCUT2D eigenvalue weighted by Crippen LogP contribution is -2.22. The van der Waals surface area contributed by atoms with E-state index in [0.717, 1.165) is 22.3 Å². The minimum Gasteiger partial charge on any atom is -0.479 e. The summed E-state index contributed by atoms with van der Waals surface area (Å²) in [7, 11) is 0. The number of aliphatic carboxylic acids is 1. The highest BCUT2D eigenvalue weighted by molar-refractivity contribution is 6.30. The summed E-state index contributed by atoms with van der Waals surface area (Å²) in [6.07, 6.45) is 0.792. The predicted molar refractivity (Wildman–Crippen MR) is 102 cm³/mol. The summed E-state index contributed by atoms with van der Waals surface area (Å²) in [6, 6.07) is 16.5. The van der Waals surface area contributed by atoms with E-state index in [2.05, 4.69) is 4.98 Å². The van der Waals surface area contributed by atoms with Crippen LogP contribution in [0.25, 0.3) is 22.3 Å². The molecule has 0 bridgehead atoms. The van der Waals surface area contributed by atoms with Gasteiger partial charge in [-0.3, -0.25) is 0 Å². The van der Waals surface area contributed by atoms with Gasteiger partial charge in [-0.15, -0.1) is 0 Å². The Balaban J connectivity index is 1.89. The average Bonchev–Trinajstić information content (AvgIpc) is 2.63. The number of carboxylic acids is 1. The zero-order valence-corrected chi connectivity index (χ0v) is 14.8. The van der Waals surface area contributed by atoms with Crippen LogP contribution < -0.4 is 10.5 Å². The fourth-order valence-corrected chi connectivity index (χ4v) is 2.60. The fraction of sp³-hybridized carbons (Fsp3) is 0.100. The van der Waals surface area contributed by atoms with E-state index in [-0.39, 0.29) is 0 Å². The van der Waals surface area contributed by atoms with Crippen molar-refractivity contribution in [2.45, 2.75) is 13.0 Å². The molecule has 0 unspecified atom stereocenters. The summed E-state index contributed by atoms with van der Waals surface area (Å²) in [5, 5.41) is 9.56. The first-order chi connectivity index (χ1) is 12.4. The van der Waals surface area contributed by atoms with Gasteiger partial charge in [0.25, 0.3) is 0 Å². The zero-order chi connectivity index (χ0) is 18.7. The molecule has 0 fully saturated rings. The van der Waals surface area contributed by atoms with Crippen LogP contribution in [-0.4, -0.2) is 22.2 Å². The number of anilines is 1. The van der Waals surface area contributed by atoms with Crippen LogP contribution in [0.2, 0.25) is 5.02 Å². The first-order valence-corrected chi connectivity index (χ1v) is 8.33. The number of nitrogen functional groups attached to an aromatic ring is 1. The highest BCUT2D eigenvalue weighted by Gasteiger charge is 2.12. The van der Waals surface area contributed by atoms with E-state index in [1.165, 1.54) is 6.92 Å². The van der Waals surface area contributed by atoms with Gasteiger partial charge in [0.05, 0.1) is 0 Å². The molecule has 3 aromatic rings. The number of nitrogens with zero attached hydrogens (tertiary/aromatic N) is 1. The van der Waals surface area contributed by atoms with Crippen molar-refractivity contribution in [1.29, 1.82) is 0 Å². The highest BCUT2D eigenvalue weighted by atomic mass is 35.5. The minimum atomic E-state index is -1.01. The monoisotopic (exact) mass is 368 g/mol. The van der Waals surface area contributed by atoms with Crippen molar-refractivity contribution < 1.29 is 14.6 Å². The molecule has 0 aliphatic rings. The van der Waals surface area contributed by atoms with Gasteiger partial charge in [-0.05, 0) is 48.4 Å². The Morgan fingerprint density at radius 3 is 2.31 bits per heavy atom. The van der Waals surface area contributed by atoms with Crippen molar-refractivity contribution in [3.05, 3.63) is 65.8 Å². The summed E-state index contributed by atoms with van der Waals surface area (Å²) < 4.78 is 5.34. The van der Waals surface area contributed by atoms with E-state index in [1.807, 2.05) is 30.3 Å². The van der Waals surface area contributed by atoms with Crippen LogP contribution in [0.5, 0.6) is 5.75 Å². The van der Waals surface area contributed by atoms with E-state index < -0.39 is 12.1 Å². The normalized spacial score (nSPS) is 11.8. The maximum atomic E-state index is 10.9. The van der Waals surface area contributed by atoms with Crippen LogP contribution in [0.15, 0.2) is 60.8 Å². The maximum Gasteiger partial charge on any atom is 0.344 e. The molecule has 1 heterocycles. The smallest absolute Gasteiger partial charge is 0.344 e. The lowest BCUT2D eigenvalue weighted by molar-refractivity contribution is -0.144. The molecule has 5 nitrogen and oxygen atoms in total. The van der Waals surface area contributed by atoms with Crippen molar-refractivity contribution in [2.75, 3.05) is 5.73 Å². The lowest BCUT2D eigenvalue weighted by atomic mass is 10.0. The number of benzene rings is 2. The third-order valence-corrected chi connectivity index (χ3v) is 4.17. The second kappa shape index (κ2) is 7.45. The standard InChI is InChI=1S/C20H17ClN2O3/c1-12(20(24)25)26-17-8-4-13(5-9-17)15-10-18(19(22)23-11-15)14-2-6-16(21)7-3-14/h2-12H,1H3,(H2,22,23)(H,24,25)/t12-/m0/s1. The van der Waals surface area contributed by atoms with E-state index >= 15 is 0 Å². The number of ether oxygens (including phenoxy) is 1. The summed E-state index contributed by atoms with van der Waals surface area (Å²) >= 11 is 5.94. The molecule has 2 aromatic carbocycles. The van der Waals surface area contributed by atoms with Gasteiger partial charge >= 0.3 is 5.97 Å². The van der Waals surface area contributed by atoms with E-state index in [9.17, 15) is 4.79 Å². The zero-order valence-electron chi connectivity index (χ0n) is 14.0. The number of carboxylic acid groups (broad SMARTS) is 1. The van der Waals surface area contributed by atoms with Crippen molar-refractivity contribution in [2.24, 2.45) is 0 Å². The fourth-order valence-electron chi connectivity index (χ4n) is 2.47. The van der Waals surface area contributed by atoms with Gasteiger partial charge in [0.2, 0.25) is 0 Å². The molecule has 0 spiro atoms. The van der Waals surface area contributed by atoms with E-state index in [1.54, 1.807) is 30.5 Å². The molecular formula is C20H17ClN2O3. The number of halogens is 1. The molecule has 6 heteroatoms. The topological polar surface area (TPSA) is 85.4 Å². The summed E-state index contributed by atoms with van der Waals surface area (Å²) in [6.45, 7) is 1.48. The number of nitrogens with two attached hydrogens (primary N) is 1. The Hall–Kier alpha value is -3.05. The number of hydrogen-bond donors (Lipinski definition) is 2. The van der Waals surface area contributed by atoms with Crippen LogP contribution in [-0.2, 0) is 4.79 Å². The van der Waals surface area contributed by atoms with Gasteiger partial charge in [0.1, 0.15) is 11.6 Å². The highest BCUT2D eigenvalue weighted by Crippen LogP contribution is 2.31. The Morgan fingerprint density at radius 2 is 1.69 bits per heavy atom. The van der Waals surface area contributed by atoms with Crippen molar-refractivity contribution in [1.82, 2.24) is 4.98 Å². The molecular weight excluding hydrogens is 352 g/mol. The summed E-state index contributed by atoms with van der Waals surface area (Å²) in [5.41, 5.74) is 9.58. The van der Waals surface area contributed by atoms with Gasteiger partial charge in [-0.2, -0.15) is 0 Å². The van der Waals surface area contributed by atoms with Crippen LogP contribution in [0, 0.1) is 0 Å². The molecule has 1 atom stereocenters. The van der Waals surface area contributed by atoms with Gasteiger partial charge in [-0.25, -0.2) is 9.78 Å². The summed E-state index contributed by atoms with van der Waals surface area (Å²) in [5.74, 6) is -0.0827. The largest absolute Gasteiger partial charge is 0.479 e. The molecule has 0 radical (unpaired) electrons. The van der Waals surface area contributed by atoms with Gasteiger partial charge in [-0.1, -0.05) is 35.9 Å². The van der Waals surface area contributed by atoms with Crippen LogP contribution in [0.4, 0.5) is 5.82 Å². The Bertz CT molecular complexity index is 925. The van der Waals surface area contributed by atoms with Gasteiger partial charge < -0.3 is 15.6 Å². The lowest BCUT2D eigenvalue weighted by Gasteiger charge is -2.12.